The van der Waals surface area contributed by atoms with Gasteiger partial charge in [0.05, 0.1) is 29.1 Å². The highest BCUT2D eigenvalue weighted by atomic mass is 19.4. The van der Waals surface area contributed by atoms with E-state index in [0.717, 1.165) is 28.5 Å². The summed E-state index contributed by atoms with van der Waals surface area (Å²) in [5, 5.41) is 22.8. The summed E-state index contributed by atoms with van der Waals surface area (Å²) in [6, 6.07) is 11.1. The minimum absolute atomic E-state index is 0.130. The molecule has 2 aromatic carbocycles. The number of aromatic nitrogens is 4. The second kappa shape index (κ2) is 9.30. The second-order valence-corrected chi connectivity index (χ2v) is 7.65. The maximum Gasteiger partial charge on any atom is 0.417 e. The van der Waals surface area contributed by atoms with Gasteiger partial charge in [0.1, 0.15) is 0 Å². The highest BCUT2D eigenvalue weighted by Gasteiger charge is 2.33. The van der Waals surface area contributed by atoms with Crippen LogP contribution in [-0.2, 0) is 19.8 Å². The molecule has 4 aromatic rings. The van der Waals surface area contributed by atoms with E-state index in [1.54, 1.807) is 10.9 Å². The zero-order chi connectivity index (χ0) is 25.2. The number of urea groups is 1. The number of amides is 2. The third-order valence-electron chi connectivity index (χ3n) is 5.10. The third kappa shape index (κ3) is 5.30. The molecule has 0 aliphatic rings. The maximum atomic E-state index is 13.1. The van der Waals surface area contributed by atoms with E-state index in [0.29, 0.717) is 12.6 Å². The normalized spacial score (nSPS) is 11.2. The van der Waals surface area contributed by atoms with Crippen molar-refractivity contribution in [1.82, 2.24) is 15.1 Å². The van der Waals surface area contributed by atoms with Crippen molar-refractivity contribution in [1.29, 1.82) is 5.26 Å². The van der Waals surface area contributed by atoms with E-state index in [9.17, 15) is 18.0 Å². The van der Waals surface area contributed by atoms with Gasteiger partial charge in [-0.3, -0.25) is 9.48 Å². The first-order valence-corrected chi connectivity index (χ1v) is 10.2. The number of halogens is 3. The Hall–Kier alpha value is -4.66. The average Bonchev–Trinajstić information content (AvgIpc) is 3.39. The molecule has 35 heavy (non-hydrogen) atoms. The van der Waals surface area contributed by atoms with Gasteiger partial charge in [-0.05, 0) is 35.0 Å². The van der Waals surface area contributed by atoms with Crippen LogP contribution in [-0.4, -0.2) is 21.1 Å². The predicted octanol–water partition coefficient (Wildman–Crippen LogP) is 4.85. The van der Waals surface area contributed by atoms with Crippen LogP contribution in [0.5, 0.6) is 0 Å². The number of anilines is 1. The minimum atomic E-state index is -4.74. The molecule has 2 heterocycles. The number of carbonyl (C=O) groups is 1. The van der Waals surface area contributed by atoms with Crippen molar-refractivity contribution in [2.45, 2.75) is 19.6 Å². The number of carbonyl (C=O) groups excluding carboxylic acids is 1. The first-order chi connectivity index (χ1) is 16.6. The molecule has 0 radical (unpaired) electrons. The number of benzene rings is 2. The second-order valence-electron chi connectivity index (χ2n) is 7.65. The van der Waals surface area contributed by atoms with Crippen LogP contribution in [0.15, 0.2) is 59.4 Å². The fraction of sp³-hybridized carbons (Fsp3) is 0.174. The zero-order valence-electron chi connectivity index (χ0n) is 18.5. The van der Waals surface area contributed by atoms with Gasteiger partial charge < -0.3 is 15.2 Å². The van der Waals surface area contributed by atoms with Gasteiger partial charge in [0, 0.05) is 18.2 Å². The highest BCUT2D eigenvalue weighted by molar-refractivity contribution is 6.03. The quantitative estimate of drug-likeness (QED) is 0.410. The topological polar surface area (TPSA) is 115 Å². The molecule has 0 unspecified atom stereocenters. The van der Waals surface area contributed by atoms with Crippen LogP contribution in [0.2, 0.25) is 0 Å². The molecule has 0 bridgehead atoms. The Bertz CT molecular complexity index is 1400. The van der Waals surface area contributed by atoms with Crippen LogP contribution >= 0.6 is 0 Å². The molecule has 1 N–H and O–H groups in total. The summed E-state index contributed by atoms with van der Waals surface area (Å²) in [7, 11) is 1.87. The van der Waals surface area contributed by atoms with Crippen molar-refractivity contribution in [3.05, 3.63) is 82.4 Å². The van der Waals surface area contributed by atoms with Crippen LogP contribution in [0.1, 0.15) is 22.3 Å². The van der Waals surface area contributed by atoms with Gasteiger partial charge in [0.25, 0.3) is 0 Å². The smallest absolute Gasteiger partial charge is 0.417 e. The first kappa shape index (κ1) is 23.5. The SMILES string of the molecule is Cc1cnn(C)c1-c1ccc(C[n+]2cc([N-]C(=O)Nc3ccc(C#N)c(C(F)(F)F)c3)on2)cc1. The van der Waals surface area contributed by atoms with Crippen molar-refractivity contribution in [2.75, 3.05) is 5.32 Å². The standard InChI is InChI=1S/C23H18F3N7O2/c1-14-11-28-32(2)21(14)16-5-3-15(4-6-16)12-33-13-20(35-31-33)30-22(34)29-18-8-7-17(10-27)19(9-18)23(24,25)26/h3-9,11,13H,12H2,1-2H3,(H-,29,30,31,34). The number of hydrogen-bond donors (Lipinski definition) is 1. The van der Waals surface area contributed by atoms with Gasteiger partial charge in [-0.25, -0.2) is 0 Å². The molecular formula is C23H18F3N7O2. The van der Waals surface area contributed by atoms with E-state index in [1.807, 2.05) is 38.2 Å². The number of alkyl halides is 3. The molecule has 0 fully saturated rings. The lowest BCUT2D eigenvalue weighted by molar-refractivity contribution is -0.754. The van der Waals surface area contributed by atoms with Crippen LogP contribution < -0.4 is 10.00 Å². The van der Waals surface area contributed by atoms with E-state index < -0.39 is 23.3 Å². The molecule has 0 aliphatic carbocycles. The Morgan fingerprint density at radius 1 is 1.26 bits per heavy atom. The zero-order valence-corrected chi connectivity index (χ0v) is 18.5. The predicted molar refractivity (Wildman–Crippen MR) is 117 cm³/mol. The molecule has 0 aliphatic heterocycles. The van der Waals surface area contributed by atoms with Gasteiger partial charge in [0.2, 0.25) is 18.6 Å². The van der Waals surface area contributed by atoms with Crippen molar-refractivity contribution in [3.63, 3.8) is 0 Å². The lowest BCUT2D eigenvalue weighted by atomic mass is 10.1. The monoisotopic (exact) mass is 481 g/mol. The molecule has 0 saturated carbocycles. The summed E-state index contributed by atoms with van der Waals surface area (Å²) in [6.45, 7) is 2.33. The Morgan fingerprint density at radius 2 is 2.00 bits per heavy atom. The van der Waals surface area contributed by atoms with E-state index in [4.69, 9.17) is 9.78 Å². The lowest BCUT2D eigenvalue weighted by Gasteiger charge is -2.16. The molecule has 178 valence electrons. The summed E-state index contributed by atoms with van der Waals surface area (Å²) in [4.78, 5) is 12.1. The average molecular weight is 481 g/mol. The minimum Gasteiger partial charge on any atom is -0.424 e. The summed E-state index contributed by atoms with van der Waals surface area (Å²) >= 11 is 0. The summed E-state index contributed by atoms with van der Waals surface area (Å²) in [5.41, 5.74) is 2.14. The molecule has 9 nitrogen and oxygen atoms in total. The molecular weight excluding hydrogens is 463 g/mol. The number of nitriles is 1. The van der Waals surface area contributed by atoms with Crippen LogP contribution in [0, 0.1) is 18.3 Å². The summed E-state index contributed by atoms with van der Waals surface area (Å²) in [5.74, 6) is -0.130. The molecule has 0 spiro atoms. The Kier molecular flexibility index (Phi) is 6.24. The lowest BCUT2D eigenvalue weighted by Crippen LogP contribution is -2.35. The molecule has 2 aromatic heterocycles. The Labute approximate surface area is 197 Å². The van der Waals surface area contributed by atoms with Crippen molar-refractivity contribution in [2.24, 2.45) is 7.05 Å². The van der Waals surface area contributed by atoms with E-state index in [-0.39, 0.29) is 11.6 Å². The number of rotatable bonds is 5. The highest BCUT2D eigenvalue weighted by Crippen LogP contribution is 2.33. The van der Waals surface area contributed by atoms with E-state index >= 15 is 0 Å². The van der Waals surface area contributed by atoms with E-state index in [1.165, 1.54) is 23.0 Å². The number of nitrogens with one attached hydrogen (secondary N) is 1. The van der Waals surface area contributed by atoms with Crippen molar-refractivity contribution >= 4 is 17.6 Å². The van der Waals surface area contributed by atoms with E-state index in [2.05, 4.69) is 21.0 Å². The number of nitrogens with zero attached hydrogens (tertiary/aromatic N) is 6. The molecule has 12 heteroatoms. The molecule has 0 atom stereocenters. The van der Waals surface area contributed by atoms with Gasteiger partial charge in [-0.2, -0.15) is 23.5 Å². The number of hydrogen-bond acceptors (Lipinski definition) is 5. The van der Waals surface area contributed by atoms with Crippen LogP contribution in [0.4, 0.5) is 29.5 Å². The third-order valence-corrected chi connectivity index (χ3v) is 5.10. The number of aryl methyl sites for hydroxylation is 2. The Morgan fingerprint density at radius 3 is 2.63 bits per heavy atom. The maximum absolute atomic E-state index is 13.1. The summed E-state index contributed by atoms with van der Waals surface area (Å²) in [6.07, 6.45) is -1.56. The molecule has 2 amide bonds. The van der Waals surface area contributed by atoms with Crippen LogP contribution in [0.25, 0.3) is 16.6 Å². The molecule has 4 rings (SSSR count). The van der Waals surface area contributed by atoms with Crippen molar-refractivity contribution < 1.29 is 27.2 Å². The largest absolute Gasteiger partial charge is 0.424 e. The Balaban J connectivity index is 1.39. The van der Waals surface area contributed by atoms with Gasteiger partial charge >= 0.3 is 6.18 Å². The van der Waals surface area contributed by atoms with Crippen LogP contribution in [0.3, 0.4) is 0 Å². The molecule has 0 saturated heterocycles. The van der Waals surface area contributed by atoms with Gasteiger partial charge in [-0.1, -0.05) is 30.3 Å². The fourth-order valence-corrected chi connectivity index (χ4v) is 3.52. The van der Waals surface area contributed by atoms with Gasteiger partial charge in [-0.15, -0.1) is 0 Å². The first-order valence-electron chi connectivity index (χ1n) is 10.2. The van der Waals surface area contributed by atoms with Crippen molar-refractivity contribution in [3.8, 4) is 17.3 Å². The summed E-state index contributed by atoms with van der Waals surface area (Å²) < 4.78 is 47.5. The van der Waals surface area contributed by atoms with Gasteiger partial charge in [0.15, 0.2) is 11.3 Å². The fourth-order valence-electron chi connectivity index (χ4n) is 3.52.